The lowest BCUT2D eigenvalue weighted by molar-refractivity contribution is -0.671. The molecule has 102 heavy (non-hydrogen) atoms. The lowest BCUT2D eigenvalue weighted by Crippen LogP contribution is -2.54. The number of fused-ring (bicyclic) bond motifs is 2. The molecule has 540 valence electrons. The summed E-state index contributed by atoms with van der Waals surface area (Å²) in [4.78, 5) is 62.5. The third-order valence-electron chi connectivity index (χ3n) is 17.7. The average molecular weight is 1390 g/mol. The highest BCUT2D eigenvalue weighted by atomic mass is 16.6. The molecule has 1 saturated carbocycles. The second-order valence-corrected chi connectivity index (χ2v) is 25.2. The summed E-state index contributed by atoms with van der Waals surface area (Å²) in [6.45, 7) is 2.63. The third kappa shape index (κ3) is 25.9. The van der Waals surface area contributed by atoms with Crippen LogP contribution in [0.5, 0.6) is 34.5 Å². The molecule has 11 rings (SSSR count). The molecule has 4 heterocycles. The molecular weight excluding hydrogens is 1290 g/mol. The number of pyridine rings is 2. The maximum atomic E-state index is 12.4. The van der Waals surface area contributed by atoms with Gasteiger partial charge in [-0.1, -0.05) is 128 Å². The van der Waals surface area contributed by atoms with Gasteiger partial charge in [0.05, 0.1) is 59.4 Å². The molecule has 2 saturated heterocycles. The van der Waals surface area contributed by atoms with Gasteiger partial charge in [0.2, 0.25) is 0 Å². The molecule has 6 aromatic carbocycles. The SMILES string of the molecule is CC(N)Cc1ccccc1.COC(=O)C(c1ccccc1)C1CCCCC1.COC(=O)C1CC2CCC(C1OC(=O)c1ccccc1)N2C.COc1cc(/C=C/C(=O)CC(=O)/C=C/c2ccc(O)c(OC)c2)ccc1O.COc1cc(CCN)ccc1O.C[n+]1ccc(-c2cc[n+](C)cc2)cc1. The number of nitrogens with zero attached hydrogens (tertiary/aromatic N) is 3. The first-order valence-corrected chi connectivity index (χ1v) is 34.3. The number of carbonyl (C=O) groups is 5. The van der Waals surface area contributed by atoms with Crippen LogP contribution in [0.25, 0.3) is 23.3 Å². The van der Waals surface area contributed by atoms with Gasteiger partial charge in [-0.3, -0.25) is 24.1 Å². The Morgan fingerprint density at radius 1 is 0.578 bits per heavy atom. The fraction of sp³-hybridized carbons (Fsp3) is 0.337. The summed E-state index contributed by atoms with van der Waals surface area (Å²) in [7, 11) is 13.4. The van der Waals surface area contributed by atoms with E-state index in [9.17, 15) is 39.3 Å². The molecule has 2 aromatic heterocycles. The molecule has 1 aliphatic carbocycles. The van der Waals surface area contributed by atoms with Crippen LogP contribution < -0.4 is 34.8 Å². The minimum Gasteiger partial charge on any atom is -0.504 e. The molecule has 7 N–H and O–H groups in total. The highest BCUT2D eigenvalue weighted by Crippen LogP contribution is 2.41. The number of likely N-dealkylation sites (N-methyl/N-ethyl adjacent to an activating group) is 1. The first-order chi connectivity index (χ1) is 49.2. The summed E-state index contributed by atoms with van der Waals surface area (Å²) >= 11 is 0. The van der Waals surface area contributed by atoms with Crippen molar-refractivity contribution < 1.29 is 76.8 Å². The highest BCUT2D eigenvalue weighted by Gasteiger charge is 2.50. The summed E-state index contributed by atoms with van der Waals surface area (Å²) in [5.74, 6) is -0.136. The number of phenols is 3. The Morgan fingerprint density at radius 3 is 1.53 bits per heavy atom. The van der Waals surface area contributed by atoms with Gasteiger partial charge in [-0.25, -0.2) is 13.9 Å². The Bertz CT molecular complexity index is 3820. The number of methoxy groups -OCH3 is 5. The van der Waals surface area contributed by atoms with Crippen molar-refractivity contribution in [3.63, 3.8) is 0 Å². The molecule has 0 radical (unpaired) electrons. The summed E-state index contributed by atoms with van der Waals surface area (Å²) in [5.41, 5.74) is 18.9. The van der Waals surface area contributed by atoms with Crippen molar-refractivity contribution in [1.29, 1.82) is 0 Å². The number of benzene rings is 6. The fourth-order valence-electron chi connectivity index (χ4n) is 12.3. The van der Waals surface area contributed by atoms with Crippen LogP contribution in [0, 0.1) is 11.8 Å². The zero-order valence-corrected chi connectivity index (χ0v) is 60.1. The van der Waals surface area contributed by atoms with Crippen LogP contribution in [0.1, 0.15) is 109 Å². The number of carbonyl (C=O) groups excluding carboxylic acids is 5. The zero-order valence-electron chi connectivity index (χ0n) is 60.1. The van der Waals surface area contributed by atoms with Crippen LogP contribution in [0.15, 0.2) is 207 Å². The number of aryl methyl sites for hydroxylation is 2. The van der Waals surface area contributed by atoms with E-state index in [2.05, 4.69) is 66.1 Å². The number of allylic oxidation sites excluding steroid dienone is 2. The van der Waals surface area contributed by atoms with E-state index in [-0.39, 0.29) is 77.1 Å². The van der Waals surface area contributed by atoms with Gasteiger partial charge in [0.15, 0.2) is 70.9 Å². The number of hydrogen-bond donors (Lipinski definition) is 5. The minimum absolute atomic E-state index is 0.00662. The van der Waals surface area contributed by atoms with Crippen LogP contribution in [-0.2, 0) is 60.3 Å². The quantitative estimate of drug-likeness (QED) is 0.0156. The monoisotopic (exact) mass is 1390 g/mol. The fourth-order valence-corrected chi connectivity index (χ4v) is 12.3. The first kappa shape index (κ1) is 80.5. The molecular formula is C83H101N5O14+2. The summed E-state index contributed by atoms with van der Waals surface area (Å²) in [5, 5.41) is 28.3. The van der Waals surface area contributed by atoms with Crippen molar-refractivity contribution in [3.8, 4) is 45.6 Å². The number of ketones is 2. The molecule has 0 amide bonds. The van der Waals surface area contributed by atoms with Crippen molar-refractivity contribution in [1.82, 2.24) is 4.90 Å². The minimum atomic E-state index is -0.441. The normalized spacial score (nSPS) is 16.5. The Morgan fingerprint density at radius 2 is 1.06 bits per heavy atom. The van der Waals surface area contributed by atoms with Crippen LogP contribution in [0.4, 0.5) is 0 Å². The molecule has 6 unspecified atom stereocenters. The Balaban J connectivity index is 0.000000198. The van der Waals surface area contributed by atoms with Gasteiger partial charge in [-0.05, 0) is 171 Å². The van der Waals surface area contributed by atoms with E-state index in [1.54, 1.807) is 72.8 Å². The first-order valence-electron chi connectivity index (χ1n) is 34.3. The van der Waals surface area contributed by atoms with Gasteiger partial charge in [-0.2, -0.15) is 0 Å². The molecule has 19 heteroatoms. The van der Waals surface area contributed by atoms with E-state index in [0.717, 1.165) is 49.7 Å². The van der Waals surface area contributed by atoms with Crippen molar-refractivity contribution in [2.24, 2.45) is 37.4 Å². The van der Waals surface area contributed by atoms with Crippen molar-refractivity contribution in [2.45, 2.75) is 108 Å². The molecule has 19 nitrogen and oxygen atoms in total. The second-order valence-electron chi connectivity index (χ2n) is 25.2. The number of aromatic nitrogens is 2. The molecule has 0 spiro atoms. The van der Waals surface area contributed by atoms with Gasteiger partial charge >= 0.3 is 17.9 Å². The van der Waals surface area contributed by atoms with E-state index in [1.807, 2.05) is 97.9 Å². The summed E-state index contributed by atoms with van der Waals surface area (Å²) in [6, 6.07) is 53.0. The van der Waals surface area contributed by atoms with E-state index in [0.29, 0.717) is 58.9 Å². The van der Waals surface area contributed by atoms with Crippen LogP contribution in [0.3, 0.4) is 0 Å². The number of rotatable bonds is 20. The van der Waals surface area contributed by atoms with Crippen LogP contribution in [0.2, 0.25) is 0 Å². The molecule has 6 atom stereocenters. The highest BCUT2D eigenvalue weighted by molar-refractivity contribution is 6.11. The number of ether oxygens (including phenoxy) is 6. The van der Waals surface area contributed by atoms with Crippen molar-refractivity contribution in [3.05, 3.63) is 240 Å². The second kappa shape index (κ2) is 42.6. The largest absolute Gasteiger partial charge is 0.504 e. The summed E-state index contributed by atoms with van der Waals surface area (Å²) in [6.07, 6.45) is 23.8. The smallest absolute Gasteiger partial charge is 0.338 e. The predicted octanol–water partition coefficient (Wildman–Crippen LogP) is 12.2. The summed E-state index contributed by atoms with van der Waals surface area (Å²) < 4.78 is 34.6. The van der Waals surface area contributed by atoms with E-state index >= 15 is 0 Å². The van der Waals surface area contributed by atoms with E-state index in [4.69, 9.17) is 39.9 Å². The zero-order chi connectivity index (χ0) is 73.9. The van der Waals surface area contributed by atoms with Crippen LogP contribution >= 0.6 is 0 Å². The number of hydrogen-bond acceptors (Lipinski definition) is 17. The number of esters is 3. The number of phenolic OH excluding ortho intramolecular Hbond substituents is 3. The van der Waals surface area contributed by atoms with Crippen molar-refractivity contribution >= 4 is 41.6 Å². The molecule has 3 fully saturated rings. The lowest BCUT2D eigenvalue weighted by atomic mass is 9.77. The predicted molar refractivity (Wildman–Crippen MR) is 396 cm³/mol. The third-order valence-corrected chi connectivity index (χ3v) is 17.7. The van der Waals surface area contributed by atoms with Gasteiger partial charge in [-0.15, -0.1) is 0 Å². The maximum Gasteiger partial charge on any atom is 0.338 e. The number of nitrogens with two attached hydrogens (primary N) is 2. The molecule has 2 aliphatic heterocycles. The topological polar surface area (TPSA) is 264 Å². The van der Waals surface area contributed by atoms with Gasteiger partial charge in [0.1, 0.15) is 20.2 Å². The Labute approximate surface area is 600 Å². The van der Waals surface area contributed by atoms with Crippen molar-refractivity contribution in [2.75, 3.05) is 49.1 Å². The number of piperidine rings is 1. The maximum absolute atomic E-state index is 12.4. The van der Waals surface area contributed by atoms with E-state index < -0.39 is 6.10 Å². The molecule has 8 aromatic rings. The van der Waals surface area contributed by atoms with Gasteiger partial charge in [0.25, 0.3) is 0 Å². The van der Waals surface area contributed by atoms with E-state index in [1.165, 1.54) is 95.8 Å². The Hall–Kier alpha value is -10.5. The molecule has 3 aliphatic rings. The van der Waals surface area contributed by atoms with Gasteiger partial charge in [0, 0.05) is 42.4 Å². The Kier molecular flexibility index (Phi) is 33.6. The molecule has 2 bridgehead atoms. The number of aromatic hydroxyl groups is 3. The van der Waals surface area contributed by atoms with Gasteiger partial charge < -0.3 is 55.2 Å². The standard InChI is InChI=1S/C21H20O6.C17H21NO4.C15H20O2.C12H14N2.C9H13NO2.C9H13N/c1-26-20-11-14(5-9-18(20)24)3-7-16(22)13-17(23)8-4-15-6-10-19(25)21(12-15)27-2;1-18-12-8-9-14(18)15(13(10-12)17(20)21-2)22-16(19)11-6-4-3-5-7-11;1-17-15(16)14(12-8-4-2-5-9-12)13-10-6-3-7-11-13;1-13-7-3-11(4-8-13)12-5-9-14(2)10-6-12;1-12-9-6-7(4-5-10)2-3-8(9)11;1-8(10)7-9-5-3-2-4-6-9/h3-12,24-25H,13H2,1-2H3;3-7,12-15H,8-10H2,1-2H3;2,4-5,8-9,13-14H,3,6-7,10-11H2,1H3;3-10H,1-2H3;2-3,6,11H,4-5,10H2,1H3;2-6,8H,7,10H2,1H3/q;;;+2;;/b7-3+,8-4+;;;;;. The van der Waals surface area contributed by atoms with Crippen LogP contribution in [-0.4, -0.2) is 123 Å². The average Bonchev–Trinajstić information content (AvgIpc) is 1.69. The lowest BCUT2D eigenvalue weighted by Gasteiger charge is -2.40.